The number of benzene rings is 1. The number of nitrogens with two attached hydrogens (primary N) is 1. The van der Waals surface area contributed by atoms with Gasteiger partial charge in [-0.3, -0.25) is 4.79 Å². The van der Waals surface area contributed by atoms with Crippen LogP contribution in [0.1, 0.15) is 57.3 Å². The number of amides is 1. The molecule has 0 radical (unpaired) electrons. The number of alkyl halides is 3. The quantitative estimate of drug-likeness (QED) is 0.339. The van der Waals surface area contributed by atoms with E-state index in [1.807, 2.05) is 18.0 Å². The smallest absolute Gasteiger partial charge is 0.383 e. The Labute approximate surface area is 251 Å². The van der Waals surface area contributed by atoms with Crippen LogP contribution >= 0.6 is 0 Å². The molecule has 1 aliphatic carbocycles. The molecule has 10 nitrogen and oxygen atoms in total. The third kappa shape index (κ3) is 5.41. The molecule has 0 spiro atoms. The third-order valence-electron chi connectivity index (χ3n) is 8.49. The lowest BCUT2D eigenvalue weighted by Crippen LogP contribution is -2.45. The van der Waals surface area contributed by atoms with Gasteiger partial charge in [-0.05, 0) is 49.2 Å². The number of nitrogens with zero attached hydrogens (tertiary/aromatic N) is 7. The topological polar surface area (TPSA) is 114 Å². The second-order valence-electron chi connectivity index (χ2n) is 11.6. The van der Waals surface area contributed by atoms with E-state index in [1.54, 1.807) is 18.2 Å². The first-order valence-corrected chi connectivity index (χ1v) is 14.6. The van der Waals surface area contributed by atoms with Crippen molar-refractivity contribution < 1.29 is 22.7 Å². The Bertz CT molecular complexity index is 1740. The van der Waals surface area contributed by atoms with Gasteiger partial charge in [-0.2, -0.15) is 13.2 Å². The minimum atomic E-state index is -4.82. The van der Waals surface area contributed by atoms with Crippen molar-refractivity contribution in [2.24, 2.45) is 0 Å². The predicted molar refractivity (Wildman–Crippen MR) is 158 cm³/mol. The fourth-order valence-corrected chi connectivity index (χ4v) is 5.80. The van der Waals surface area contributed by atoms with Gasteiger partial charge in [0, 0.05) is 55.4 Å². The summed E-state index contributed by atoms with van der Waals surface area (Å²) in [5.41, 5.74) is 7.74. The van der Waals surface area contributed by atoms with Crippen molar-refractivity contribution in [2.45, 2.75) is 44.7 Å². The maximum atomic E-state index is 14.7. The van der Waals surface area contributed by atoms with Crippen molar-refractivity contribution in [1.29, 1.82) is 0 Å². The summed E-state index contributed by atoms with van der Waals surface area (Å²) in [7, 11) is 1.97. The lowest BCUT2D eigenvalue weighted by atomic mass is 10.0. The van der Waals surface area contributed by atoms with E-state index >= 15 is 0 Å². The van der Waals surface area contributed by atoms with Gasteiger partial charge in [0.1, 0.15) is 17.5 Å². The Kier molecular flexibility index (Phi) is 7.08. The SMILES string of the molecule is CN1CCN(c2ccc(N(Cc3ccc4c5c(c(N)nc4c3)COC5)C(=O)c3cnc(C4CC4)nc3)c(C(F)(F)F)n2)CC1. The van der Waals surface area contributed by atoms with Crippen LogP contribution in [-0.2, 0) is 30.7 Å². The molecule has 2 fully saturated rings. The molecular weight excluding hydrogens is 573 g/mol. The van der Waals surface area contributed by atoms with Crippen LogP contribution in [0.25, 0.3) is 10.9 Å². The summed E-state index contributed by atoms with van der Waals surface area (Å²) in [6, 6.07) is 8.26. The summed E-state index contributed by atoms with van der Waals surface area (Å²) < 4.78 is 49.6. The van der Waals surface area contributed by atoms with Crippen LogP contribution in [0, 0.1) is 0 Å². The van der Waals surface area contributed by atoms with Gasteiger partial charge in [-0.25, -0.2) is 19.9 Å². The zero-order chi connectivity index (χ0) is 30.6. The van der Waals surface area contributed by atoms with E-state index < -0.39 is 17.8 Å². The number of halogens is 3. The Morgan fingerprint density at radius 3 is 2.45 bits per heavy atom. The Morgan fingerprint density at radius 1 is 1.02 bits per heavy atom. The largest absolute Gasteiger partial charge is 0.435 e. The molecule has 1 amide bonds. The average Bonchev–Trinajstić information content (AvgIpc) is 3.75. The standard InChI is InChI=1S/C31H31F3N8O2/c1-40-8-10-41(11-9-40)26-7-6-25(27(39-26)31(32,33)34)42(30(43)20-13-36-29(37-14-20)19-3-4-19)15-18-2-5-21-22-16-44-17-23(22)28(35)38-24(21)12-18/h2,5-7,12-14,19H,3-4,8-11,15-17H2,1H3,(H2,35,38). The van der Waals surface area contributed by atoms with E-state index in [0.717, 1.165) is 34.3 Å². The van der Waals surface area contributed by atoms with Crippen LogP contribution in [0.2, 0.25) is 0 Å². The molecule has 44 heavy (non-hydrogen) atoms. The molecule has 7 rings (SSSR count). The van der Waals surface area contributed by atoms with Crippen LogP contribution in [0.5, 0.6) is 0 Å². The van der Waals surface area contributed by atoms with Crippen molar-refractivity contribution in [1.82, 2.24) is 24.8 Å². The number of ether oxygens (including phenoxy) is 1. The van der Waals surface area contributed by atoms with Crippen molar-refractivity contribution in [3.05, 3.63) is 76.5 Å². The molecule has 1 aromatic carbocycles. The van der Waals surface area contributed by atoms with Gasteiger partial charge in [0.05, 0.1) is 36.5 Å². The van der Waals surface area contributed by atoms with E-state index in [-0.39, 0.29) is 29.5 Å². The molecule has 3 aromatic heterocycles. The molecule has 1 saturated carbocycles. The summed E-state index contributed by atoms with van der Waals surface area (Å²) >= 11 is 0. The highest BCUT2D eigenvalue weighted by Crippen LogP contribution is 2.40. The predicted octanol–water partition coefficient (Wildman–Crippen LogP) is 4.53. The minimum Gasteiger partial charge on any atom is -0.383 e. The molecule has 3 aliphatic rings. The molecule has 0 bridgehead atoms. The Balaban J connectivity index is 1.29. The van der Waals surface area contributed by atoms with Gasteiger partial charge in [-0.1, -0.05) is 12.1 Å². The normalized spacial score (nSPS) is 17.2. The van der Waals surface area contributed by atoms with Gasteiger partial charge in [0.25, 0.3) is 5.91 Å². The molecule has 2 aliphatic heterocycles. The van der Waals surface area contributed by atoms with Crippen LogP contribution < -0.4 is 15.5 Å². The molecule has 0 unspecified atom stereocenters. The van der Waals surface area contributed by atoms with Gasteiger partial charge < -0.3 is 25.2 Å². The Hall–Kier alpha value is -4.36. The van der Waals surface area contributed by atoms with E-state index in [4.69, 9.17) is 10.5 Å². The number of anilines is 3. The average molecular weight is 605 g/mol. The van der Waals surface area contributed by atoms with Gasteiger partial charge in [0.2, 0.25) is 0 Å². The first-order valence-electron chi connectivity index (χ1n) is 14.6. The molecular formula is C31H31F3N8O2. The van der Waals surface area contributed by atoms with Crippen LogP contribution in [0.4, 0.5) is 30.5 Å². The number of nitrogen functional groups attached to an aromatic ring is 1. The number of hydrogen-bond acceptors (Lipinski definition) is 9. The van der Waals surface area contributed by atoms with Crippen LogP contribution in [0.3, 0.4) is 0 Å². The lowest BCUT2D eigenvalue weighted by Gasteiger charge is -2.34. The number of aromatic nitrogens is 4. The summed E-state index contributed by atoms with van der Waals surface area (Å²) in [6.45, 7) is 3.13. The summed E-state index contributed by atoms with van der Waals surface area (Å²) in [5.74, 6) is 0.813. The van der Waals surface area contributed by atoms with E-state index in [0.29, 0.717) is 62.1 Å². The zero-order valence-corrected chi connectivity index (χ0v) is 24.1. The monoisotopic (exact) mass is 604 g/mol. The molecule has 13 heteroatoms. The summed E-state index contributed by atoms with van der Waals surface area (Å²) in [6.07, 6.45) is -0.0732. The van der Waals surface area contributed by atoms with Crippen molar-refractivity contribution in [3.63, 3.8) is 0 Å². The third-order valence-corrected chi connectivity index (χ3v) is 8.49. The Morgan fingerprint density at radius 2 is 1.75 bits per heavy atom. The number of pyridine rings is 2. The van der Waals surface area contributed by atoms with E-state index in [9.17, 15) is 18.0 Å². The number of rotatable bonds is 6. The first-order chi connectivity index (χ1) is 21.2. The lowest BCUT2D eigenvalue weighted by molar-refractivity contribution is -0.140. The second-order valence-corrected chi connectivity index (χ2v) is 11.6. The molecule has 1 saturated heterocycles. The van der Waals surface area contributed by atoms with Crippen molar-refractivity contribution in [3.8, 4) is 0 Å². The number of hydrogen-bond donors (Lipinski definition) is 1. The maximum absolute atomic E-state index is 14.7. The van der Waals surface area contributed by atoms with Crippen molar-refractivity contribution >= 4 is 34.1 Å². The fraction of sp³-hybridized carbons (Fsp3) is 0.387. The highest BCUT2D eigenvalue weighted by molar-refractivity contribution is 6.06. The second kappa shape index (κ2) is 11.0. The highest BCUT2D eigenvalue weighted by Gasteiger charge is 2.39. The molecule has 0 atom stereocenters. The molecule has 228 valence electrons. The van der Waals surface area contributed by atoms with Gasteiger partial charge >= 0.3 is 6.18 Å². The van der Waals surface area contributed by atoms with Crippen LogP contribution in [-0.4, -0.2) is 64.0 Å². The number of carbonyl (C=O) groups excluding carboxylic acids is 1. The summed E-state index contributed by atoms with van der Waals surface area (Å²) in [4.78, 5) is 36.3. The van der Waals surface area contributed by atoms with Gasteiger partial charge in [0.15, 0.2) is 5.69 Å². The van der Waals surface area contributed by atoms with E-state index in [1.165, 1.54) is 18.5 Å². The van der Waals surface area contributed by atoms with Gasteiger partial charge in [-0.15, -0.1) is 0 Å². The molecule has 4 aromatic rings. The number of piperazine rings is 1. The van der Waals surface area contributed by atoms with E-state index in [2.05, 4.69) is 24.8 Å². The first kappa shape index (κ1) is 28.4. The van der Waals surface area contributed by atoms with Crippen molar-refractivity contribution in [2.75, 3.05) is 48.8 Å². The zero-order valence-electron chi connectivity index (χ0n) is 24.1. The maximum Gasteiger partial charge on any atom is 0.435 e. The fourth-order valence-electron chi connectivity index (χ4n) is 5.80. The molecule has 5 heterocycles. The number of fused-ring (bicyclic) bond motifs is 3. The number of likely N-dealkylation sites (N-methyl/N-ethyl adjacent to an activating group) is 1. The van der Waals surface area contributed by atoms with Crippen LogP contribution in [0.15, 0.2) is 42.7 Å². The summed E-state index contributed by atoms with van der Waals surface area (Å²) in [5, 5.41) is 0.853. The number of carbonyl (C=O) groups is 1. The highest BCUT2D eigenvalue weighted by atomic mass is 19.4. The molecule has 2 N–H and O–H groups in total. The minimum absolute atomic E-state index is 0.0868.